The van der Waals surface area contributed by atoms with Crippen LogP contribution in [0.4, 0.5) is 0 Å². The molecule has 7 nitrogen and oxygen atoms in total. The molecular weight excluding hydrogens is 330 g/mol. The van der Waals surface area contributed by atoms with Gasteiger partial charge in [0.1, 0.15) is 4.90 Å². The Morgan fingerprint density at radius 3 is 2.91 bits per heavy atom. The Balaban J connectivity index is 1.94. The number of halogens is 1. The van der Waals surface area contributed by atoms with E-state index < -0.39 is 15.8 Å². The molecule has 1 aromatic carbocycles. The van der Waals surface area contributed by atoms with E-state index in [1.54, 1.807) is 24.5 Å². The van der Waals surface area contributed by atoms with Crippen molar-refractivity contribution in [2.75, 3.05) is 0 Å². The number of fused-ring (bicyclic) bond motifs is 1. The van der Waals surface area contributed by atoms with Gasteiger partial charge in [0.25, 0.3) is 0 Å². The summed E-state index contributed by atoms with van der Waals surface area (Å²) in [7, 11) is -3.86. The molecule has 0 aliphatic heterocycles. The first kappa shape index (κ1) is 14.8. The molecule has 0 unspecified atom stereocenters. The monoisotopic (exact) mass is 339 g/mol. The number of rotatable bonds is 4. The van der Waals surface area contributed by atoms with Gasteiger partial charge in [-0.25, -0.2) is 17.9 Å². The van der Waals surface area contributed by atoms with Gasteiger partial charge in [-0.05, 0) is 17.7 Å². The van der Waals surface area contributed by atoms with E-state index in [-0.39, 0.29) is 22.0 Å². The molecule has 0 saturated carbocycles. The molecule has 0 radical (unpaired) electrons. The maximum atomic E-state index is 12.3. The third kappa shape index (κ3) is 2.89. The zero-order chi connectivity index (χ0) is 15.7. The van der Waals surface area contributed by atoms with Crippen molar-refractivity contribution in [1.82, 2.24) is 14.7 Å². The molecule has 0 saturated heterocycles. The normalized spacial score (nSPS) is 11.9. The summed E-state index contributed by atoms with van der Waals surface area (Å²) in [5, 5.41) is -0.0109. The van der Waals surface area contributed by atoms with Gasteiger partial charge in [0.05, 0.1) is 10.5 Å². The number of nitrogens with one attached hydrogen (secondary N) is 2. The van der Waals surface area contributed by atoms with Crippen LogP contribution in [-0.4, -0.2) is 18.4 Å². The quantitative estimate of drug-likeness (QED) is 0.752. The Labute approximate surface area is 130 Å². The molecule has 0 aliphatic carbocycles. The number of aromatic amines is 1. The van der Waals surface area contributed by atoms with E-state index in [0.29, 0.717) is 11.1 Å². The lowest BCUT2D eigenvalue weighted by Crippen LogP contribution is -2.23. The molecule has 0 atom stereocenters. The second-order valence-corrected chi connectivity index (χ2v) is 6.62. The number of hydrogen-bond acceptors (Lipinski definition) is 5. The maximum Gasteiger partial charge on any atom is 0.417 e. The minimum Gasteiger partial charge on any atom is -0.408 e. The summed E-state index contributed by atoms with van der Waals surface area (Å²) in [5.41, 5.74) is 1.16. The Morgan fingerprint density at radius 1 is 1.36 bits per heavy atom. The fourth-order valence-corrected chi connectivity index (χ4v) is 3.48. The first-order chi connectivity index (χ1) is 10.5. The van der Waals surface area contributed by atoms with Crippen LogP contribution in [0.2, 0.25) is 5.02 Å². The molecule has 3 rings (SSSR count). The lowest BCUT2D eigenvalue weighted by atomic mass is 10.3. The molecule has 0 bridgehead atoms. The van der Waals surface area contributed by atoms with Crippen LogP contribution in [0.3, 0.4) is 0 Å². The second-order valence-electron chi connectivity index (χ2n) is 4.48. The van der Waals surface area contributed by atoms with Crippen LogP contribution in [0.1, 0.15) is 5.56 Å². The molecule has 0 spiro atoms. The van der Waals surface area contributed by atoms with Crippen molar-refractivity contribution in [2.45, 2.75) is 11.4 Å². The largest absolute Gasteiger partial charge is 0.417 e. The van der Waals surface area contributed by atoms with Gasteiger partial charge in [-0.3, -0.25) is 9.97 Å². The predicted molar refractivity (Wildman–Crippen MR) is 80.1 cm³/mol. The third-order valence-corrected chi connectivity index (χ3v) is 4.82. The van der Waals surface area contributed by atoms with Gasteiger partial charge in [-0.15, -0.1) is 0 Å². The summed E-state index contributed by atoms with van der Waals surface area (Å²) in [6.45, 7) is 0.0711. The van der Waals surface area contributed by atoms with Crippen LogP contribution < -0.4 is 10.5 Å². The third-order valence-electron chi connectivity index (χ3n) is 2.95. The van der Waals surface area contributed by atoms with Gasteiger partial charge in [-0.1, -0.05) is 17.7 Å². The van der Waals surface area contributed by atoms with E-state index in [0.717, 1.165) is 0 Å². The number of sulfonamides is 1. The Hall–Kier alpha value is -2.16. The molecule has 2 heterocycles. The average Bonchev–Trinajstić information content (AvgIpc) is 2.84. The van der Waals surface area contributed by atoms with Crippen molar-refractivity contribution >= 4 is 32.7 Å². The topological polar surface area (TPSA) is 105 Å². The van der Waals surface area contributed by atoms with Crippen LogP contribution in [-0.2, 0) is 16.6 Å². The molecule has 3 aromatic rings. The van der Waals surface area contributed by atoms with Crippen LogP contribution >= 0.6 is 11.6 Å². The molecule has 0 fully saturated rings. The lowest BCUT2D eigenvalue weighted by molar-refractivity contribution is 0.553. The number of pyridine rings is 1. The molecule has 9 heteroatoms. The minimum atomic E-state index is -3.86. The second kappa shape index (κ2) is 5.56. The van der Waals surface area contributed by atoms with E-state index in [4.69, 9.17) is 16.0 Å². The highest BCUT2D eigenvalue weighted by Gasteiger charge is 2.20. The van der Waals surface area contributed by atoms with Crippen molar-refractivity contribution in [3.8, 4) is 0 Å². The Bertz CT molecular complexity index is 979. The van der Waals surface area contributed by atoms with E-state index in [1.165, 1.54) is 12.1 Å². The summed E-state index contributed by atoms with van der Waals surface area (Å²) < 4.78 is 31.9. The molecular formula is C13H10ClN3O4S. The van der Waals surface area contributed by atoms with E-state index in [2.05, 4.69) is 14.7 Å². The molecule has 114 valence electrons. The summed E-state index contributed by atoms with van der Waals surface area (Å²) in [6.07, 6.45) is 3.15. The maximum absolute atomic E-state index is 12.3. The Morgan fingerprint density at radius 2 is 2.18 bits per heavy atom. The number of aromatic nitrogens is 2. The first-order valence-electron chi connectivity index (χ1n) is 6.17. The summed E-state index contributed by atoms with van der Waals surface area (Å²) in [5.74, 6) is -0.677. The van der Waals surface area contributed by atoms with Gasteiger partial charge in [-0.2, -0.15) is 0 Å². The van der Waals surface area contributed by atoms with Crippen LogP contribution in [0.15, 0.2) is 50.8 Å². The minimum absolute atomic E-state index is 0.0109. The fraction of sp³-hybridized carbons (Fsp3) is 0.0769. The highest BCUT2D eigenvalue weighted by atomic mass is 35.5. The fourth-order valence-electron chi connectivity index (χ4n) is 1.92. The highest BCUT2D eigenvalue weighted by molar-refractivity contribution is 7.89. The van der Waals surface area contributed by atoms with Crippen LogP contribution in [0.5, 0.6) is 0 Å². The summed E-state index contributed by atoms with van der Waals surface area (Å²) >= 11 is 5.98. The smallest absolute Gasteiger partial charge is 0.408 e. The predicted octanol–water partition coefficient (Wildman–Crippen LogP) is 1.65. The number of H-pyrrole nitrogens is 1. The Kier molecular flexibility index (Phi) is 3.73. The highest BCUT2D eigenvalue weighted by Crippen LogP contribution is 2.26. The van der Waals surface area contributed by atoms with Crippen LogP contribution in [0.25, 0.3) is 11.1 Å². The first-order valence-corrected chi connectivity index (χ1v) is 8.03. The van der Waals surface area contributed by atoms with Gasteiger partial charge in [0.15, 0.2) is 5.58 Å². The van der Waals surface area contributed by atoms with E-state index >= 15 is 0 Å². The van der Waals surface area contributed by atoms with Gasteiger partial charge < -0.3 is 4.42 Å². The number of hydrogen-bond donors (Lipinski definition) is 2. The zero-order valence-corrected chi connectivity index (χ0v) is 12.6. The van der Waals surface area contributed by atoms with Crippen molar-refractivity contribution in [2.24, 2.45) is 0 Å². The summed E-state index contributed by atoms with van der Waals surface area (Å²) in [6, 6.07) is 5.99. The molecule has 0 aliphatic rings. The SMILES string of the molecule is O=c1[nH]c2cc(Cl)c(S(=O)(=O)NCc3cccnc3)cc2o1. The lowest BCUT2D eigenvalue weighted by Gasteiger charge is -2.08. The zero-order valence-electron chi connectivity index (χ0n) is 11.0. The molecule has 22 heavy (non-hydrogen) atoms. The standard InChI is InChI=1S/C13H10ClN3O4S/c14-9-4-10-11(21-13(18)17-10)5-12(9)22(19,20)16-7-8-2-1-3-15-6-8/h1-6,16H,7H2,(H,17,18). The number of nitrogens with zero attached hydrogens (tertiary/aromatic N) is 1. The molecule has 2 aromatic heterocycles. The van der Waals surface area contributed by atoms with Crippen molar-refractivity contribution in [3.05, 3.63) is 57.8 Å². The van der Waals surface area contributed by atoms with Gasteiger partial charge >= 0.3 is 5.76 Å². The van der Waals surface area contributed by atoms with E-state index in [1.807, 2.05) is 0 Å². The van der Waals surface area contributed by atoms with E-state index in [9.17, 15) is 13.2 Å². The van der Waals surface area contributed by atoms with Crippen molar-refractivity contribution in [1.29, 1.82) is 0 Å². The number of oxazole rings is 1. The van der Waals surface area contributed by atoms with Crippen molar-refractivity contribution < 1.29 is 12.8 Å². The average molecular weight is 340 g/mol. The summed E-state index contributed by atoms with van der Waals surface area (Å²) in [4.78, 5) is 17.3. The number of benzene rings is 1. The molecule has 0 amide bonds. The van der Waals surface area contributed by atoms with Gasteiger partial charge in [0.2, 0.25) is 10.0 Å². The van der Waals surface area contributed by atoms with Crippen LogP contribution in [0, 0.1) is 0 Å². The van der Waals surface area contributed by atoms with Gasteiger partial charge in [0, 0.05) is 25.0 Å². The molecule has 2 N–H and O–H groups in total. The van der Waals surface area contributed by atoms with Crippen molar-refractivity contribution in [3.63, 3.8) is 0 Å².